The summed E-state index contributed by atoms with van der Waals surface area (Å²) in [5, 5.41) is 11.5. The molecule has 2 N–H and O–H groups in total. The molecule has 1 aliphatic rings. The number of carboxylic acid groups (broad SMARTS) is 1. The highest BCUT2D eigenvalue weighted by molar-refractivity contribution is 5.85. The predicted molar refractivity (Wildman–Crippen MR) is 75.6 cm³/mol. The van der Waals surface area contributed by atoms with Crippen LogP contribution in [-0.4, -0.2) is 59.6 Å². The highest BCUT2D eigenvalue weighted by atomic mass is 16.5. The van der Waals surface area contributed by atoms with Crippen LogP contribution in [0.4, 0.5) is 0 Å². The quantitative estimate of drug-likeness (QED) is 0.732. The summed E-state index contributed by atoms with van der Waals surface area (Å²) in [5.41, 5.74) is 0. The second-order valence-electron chi connectivity index (χ2n) is 5.78. The highest BCUT2D eigenvalue weighted by Crippen LogP contribution is 2.11. The average Bonchev–Trinajstić information content (AvgIpc) is 2.41. The molecule has 0 radical (unpaired) electrons. The molecule has 1 saturated heterocycles. The third-order valence-electron chi connectivity index (χ3n) is 3.27. The second-order valence-corrected chi connectivity index (χ2v) is 5.78. The van der Waals surface area contributed by atoms with E-state index in [-0.39, 0.29) is 31.0 Å². The number of carboxylic acids is 1. The number of hydrogen-bond donors (Lipinski definition) is 2. The van der Waals surface area contributed by atoms with E-state index in [0.29, 0.717) is 18.9 Å². The summed E-state index contributed by atoms with van der Waals surface area (Å²) in [6.07, 6.45) is -0.174. The Labute approximate surface area is 124 Å². The van der Waals surface area contributed by atoms with Crippen LogP contribution in [0.5, 0.6) is 0 Å². The summed E-state index contributed by atoms with van der Waals surface area (Å²) in [4.78, 5) is 36.0. The van der Waals surface area contributed by atoms with Gasteiger partial charge in [0, 0.05) is 13.0 Å². The minimum absolute atomic E-state index is 0.0143. The van der Waals surface area contributed by atoms with Gasteiger partial charge in [-0.3, -0.25) is 9.59 Å². The first kappa shape index (κ1) is 17.4. The van der Waals surface area contributed by atoms with E-state index in [1.165, 1.54) is 4.90 Å². The standard InChI is InChI=1S/C14H24N2O5/c1-9(2)4-5-12(17)15-6-13(18)16-7-10(3)21-11(8-16)14(19)20/h9-11H,4-8H2,1-3H3,(H,15,17)(H,19,20)/t10-,11?/m1/s1. The van der Waals surface area contributed by atoms with Gasteiger partial charge in [-0.05, 0) is 19.3 Å². The number of morpholine rings is 1. The number of carbonyl (C=O) groups is 3. The molecule has 0 aliphatic carbocycles. The van der Waals surface area contributed by atoms with Gasteiger partial charge in [0.1, 0.15) is 0 Å². The molecule has 2 atom stereocenters. The summed E-state index contributed by atoms with van der Waals surface area (Å²) in [7, 11) is 0. The highest BCUT2D eigenvalue weighted by Gasteiger charge is 2.32. The fraction of sp³-hybridized carbons (Fsp3) is 0.786. The van der Waals surface area contributed by atoms with Gasteiger partial charge < -0.3 is 20.1 Å². The Kier molecular flexibility index (Phi) is 6.61. The number of amides is 2. The van der Waals surface area contributed by atoms with Gasteiger partial charge >= 0.3 is 5.97 Å². The smallest absolute Gasteiger partial charge is 0.334 e. The fourth-order valence-corrected chi connectivity index (χ4v) is 2.09. The first-order chi connectivity index (χ1) is 9.79. The second kappa shape index (κ2) is 7.97. The van der Waals surface area contributed by atoms with Gasteiger partial charge in [0.25, 0.3) is 0 Å². The van der Waals surface area contributed by atoms with Crippen LogP contribution in [0.25, 0.3) is 0 Å². The van der Waals surface area contributed by atoms with Crippen molar-refractivity contribution >= 4 is 17.8 Å². The van der Waals surface area contributed by atoms with Gasteiger partial charge in [0.15, 0.2) is 6.10 Å². The molecule has 0 bridgehead atoms. The molecular weight excluding hydrogens is 276 g/mol. The predicted octanol–water partition coefficient (Wildman–Crippen LogP) is 0.239. The van der Waals surface area contributed by atoms with Gasteiger partial charge in [-0.15, -0.1) is 0 Å². The van der Waals surface area contributed by atoms with Gasteiger partial charge in [0.05, 0.1) is 19.2 Å². The van der Waals surface area contributed by atoms with E-state index in [0.717, 1.165) is 6.42 Å². The number of rotatable bonds is 6. The monoisotopic (exact) mass is 300 g/mol. The number of aliphatic carboxylic acids is 1. The van der Waals surface area contributed by atoms with Crippen molar-refractivity contribution in [1.29, 1.82) is 0 Å². The molecule has 0 aromatic heterocycles. The van der Waals surface area contributed by atoms with Crippen LogP contribution in [-0.2, 0) is 19.1 Å². The maximum Gasteiger partial charge on any atom is 0.334 e. The zero-order valence-electron chi connectivity index (χ0n) is 12.8. The molecule has 120 valence electrons. The number of ether oxygens (including phenoxy) is 1. The maximum atomic E-state index is 12.0. The lowest BCUT2D eigenvalue weighted by Gasteiger charge is -2.35. The van der Waals surface area contributed by atoms with Crippen LogP contribution in [0, 0.1) is 5.92 Å². The number of nitrogens with one attached hydrogen (secondary N) is 1. The van der Waals surface area contributed by atoms with Crippen LogP contribution in [0.2, 0.25) is 0 Å². The van der Waals surface area contributed by atoms with Crippen LogP contribution < -0.4 is 5.32 Å². The molecule has 0 aromatic carbocycles. The molecule has 7 nitrogen and oxygen atoms in total. The maximum absolute atomic E-state index is 12.0. The normalized spacial score (nSPS) is 22.2. The Balaban J connectivity index is 2.40. The molecule has 1 aliphatic heterocycles. The fourth-order valence-electron chi connectivity index (χ4n) is 2.09. The number of carbonyl (C=O) groups excluding carboxylic acids is 2. The minimum atomic E-state index is -1.08. The molecule has 0 aromatic rings. The molecule has 0 saturated carbocycles. The molecule has 1 heterocycles. The van der Waals surface area contributed by atoms with E-state index in [4.69, 9.17) is 9.84 Å². The topological polar surface area (TPSA) is 95.9 Å². The lowest BCUT2D eigenvalue weighted by molar-refractivity contribution is -0.166. The summed E-state index contributed by atoms with van der Waals surface area (Å²) in [6.45, 7) is 6.02. The van der Waals surface area contributed by atoms with Crippen molar-refractivity contribution in [2.45, 2.75) is 45.8 Å². The molecule has 21 heavy (non-hydrogen) atoms. The van der Waals surface area contributed by atoms with Crippen molar-refractivity contribution < 1.29 is 24.2 Å². The van der Waals surface area contributed by atoms with Gasteiger partial charge in [-0.1, -0.05) is 13.8 Å². The first-order valence-corrected chi connectivity index (χ1v) is 7.22. The Morgan fingerprint density at radius 3 is 2.57 bits per heavy atom. The number of nitrogens with zero attached hydrogens (tertiary/aromatic N) is 1. The molecule has 1 unspecified atom stereocenters. The van der Waals surface area contributed by atoms with Gasteiger partial charge in [-0.2, -0.15) is 0 Å². The van der Waals surface area contributed by atoms with Crippen LogP contribution in [0.3, 0.4) is 0 Å². The zero-order chi connectivity index (χ0) is 16.0. The molecule has 7 heteroatoms. The van der Waals surface area contributed by atoms with Crippen molar-refractivity contribution in [3.05, 3.63) is 0 Å². The first-order valence-electron chi connectivity index (χ1n) is 7.22. The summed E-state index contributed by atoms with van der Waals surface area (Å²) >= 11 is 0. The van der Waals surface area contributed by atoms with Gasteiger partial charge in [0.2, 0.25) is 11.8 Å². The molecule has 1 rings (SSSR count). The van der Waals surface area contributed by atoms with Crippen LogP contribution >= 0.6 is 0 Å². The van der Waals surface area contributed by atoms with Crippen molar-refractivity contribution in [2.24, 2.45) is 5.92 Å². The van der Waals surface area contributed by atoms with E-state index in [9.17, 15) is 14.4 Å². The van der Waals surface area contributed by atoms with Crippen molar-refractivity contribution in [1.82, 2.24) is 10.2 Å². The lowest BCUT2D eigenvalue weighted by atomic mass is 10.1. The lowest BCUT2D eigenvalue weighted by Crippen LogP contribution is -2.53. The molecule has 0 spiro atoms. The third kappa shape index (κ3) is 6.12. The third-order valence-corrected chi connectivity index (χ3v) is 3.27. The summed E-state index contributed by atoms with van der Waals surface area (Å²) < 4.78 is 5.24. The number of hydrogen-bond acceptors (Lipinski definition) is 4. The minimum Gasteiger partial charge on any atom is -0.479 e. The Morgan fingerprint density at radius 2 is 2.00 bits per heavy atom. The van der Waals surface area contributed by atoms with Crippen LogP contribution in [0.1, 0.15) is 33.6 Å². The zero-order valence-corrected chi connectivity index (χ0v) is 12.8. The van der Waals surface area contributed by atoms with Crippen molar-refractivity contribution in [3.8, 4) is 0 Å². The largest absolute Gasteiger partial charge is 0.479 e. The van der Waals surface area contributed by atoms with Crippen molar-refractivity contribution in [3.63, 3.8) is 0 Å². The van der Waals surface area contributed by atoms with Gasteiger partial charge in [-0.25, -0.2) is 4.79 Å². The summed E-state index contributed by atoms with van der Waals surface area (Å²) in [6, 6.07) is 0. The van der Waals surface area contributed by atoms with Crippen LogP contribution in [0.15, 0.2) is 0 Å². The van der Waals surface area contributed by atoms with E-state index in [2.05, 4.69) is 5.32 Å². The van der Waals surface area contributed by atoms with E-state index in [1.54, 1.807) is 6.92 Å². The Hall–Kier alpha value is -1.63. The average molecular weight is 300 g/mol. The SMILES string of the molecule is CC(C)CCC(=O)NCC(=O)N1CC(C(=O)O)O[C@H](C)C1. The van der Waals surface area contributed by atoms with E-state index < -0.39 is 12.1 Å². The molecular formula is C14H24N2O5. The molecule has 2 amide bonds. The van der Waals surface area contributed by atoms with E-state index >= 15 is 0 Å². The Morgan fingerprint density at radius 1 is 1.33 bits per heavy atom. The Bertz CT molecular complexity index is 397. The summed E-state index contributed by atoms with van der Waals surface area (Å²) in [5.74, 6) is -1.09. The van der Waals surface area contributed by atoms with Crippen molar-refractivity contribution in [2.75, 3.05) is 19.6 Å². The van der Waals surface area contributed by atoms with E-state index in [1.807, 2.05) is 13.8 Å². The molecule has 1 fully saturated rings.